The Morgan fingerprint density at radius 3 is 2.71 bits per heavy atom. The molecular formula is C15H11NO5. The van der Waals surface area contributed by atoms with Crippen LogP contribution in [0, 0.1) is 0 Å². The molecule has 1 heterocycles. The Kier molecular flexibility index (Phi) is 3.19. The van der Waals surface area contributed by atoms with Crippen molar-refractivity contribution in [3.8, 4) is 17.6 Å². The molecule has 0 aliphatic heterocycles. The van der Waals surface area contributed by atoms with Gasteiger partial charge in [0.1, 0.15) is 5.52 Å². The minimum atomic E-state index is -1.04. The summed E-state index contributed by atoms with van der Waals surface area (Å²) >= 11 is 0. The molecule has 0 aliphatic rings. The van der Waals surface area contributed by atoms with Crippen molar-refractivity contribution < 1.29 is 23.8 Å². The van der Waals surface area contributed by atoms with Gasteiger partial charge in [0.25, 0.3) is 0 Å². The number of benzene rings is 2. The van der Waals surface area contributed by atoms with E-state index >= 15 is 0 Å². The zero-order valence-corrected chi connectivity index (χ0v) is 11.1. The molecule has 3 rings (SSSR count). The average Bonchev–Trinajstić information content (AvgIpc) is 2.89. The van der Waals surface area contributed by atoms with E-state index in [2.05, 4.69) is 4.98 Å². The summed E-state index contributed by atoms with van der Waals surface area (Å²) in [4.78, 5) is 15.1. The van der Waals surface area contributed by atoms with Gasteiger partial charge in [0.15, 0.2) is 17.1 Å². The lowest BCUT2D eigenvalue weighted by Gasteiger charge is -2.07. The van der Waals surface area contributed by atoms with E-state index in [4.69, 9.17) is 19.0 Å². The molecule has 1 aromatic heterocycles. The summed E-state index contributed by atoms with van der Waals surface area (Å²) in [5.41, 5.74) is 1.39. The fraction of sp³-hybridized carbons (Fsp3) is 0.0667. The Morgan fingerprint density at radius 2 is 2.00 bits per heavy atom. The largest absolute Gasteiger partial charge is 0.493 e. The van der Waals surface area contributed by atoms with Crippen LogP contribution in [0.1, 0.15) is 10.4 Å². The van der Waals surface area contributed by atoms with Gasteiger partial charge in [-0.05, 0) is 30.3 Å². The first-order chi connectivity index (χ1) is 10.2. The number of aromatic nitrogens is 1. The number of fused-ring (bicyclic) bond motifs is 1. The molecule has 6 nitrogen and oxygen atoms in total. The summed E-state index contributed by atoms with van der Waals surface area (Å²) in [6.45, 7) is 0. The number of hydrogen-bond donors (Lipinski definition) is 1. The predicted octanol–water partition coefficient (Wildman–Crippen LogP) is 3.33. The lowest BCUT2D eigenvalue weighted by molar-refractivity contribution is 0.0696. The second-order valence-electron chi connectivity index (χ2n) is 4.22. The molecule has 1 N–H and O–H groups in total. The van der Waals surface area contributed by atoms with Crippen LogP contribution in [-0.2, 0) is 0 Å². The lowest BCUT2D eigenvalue weighted by Crippen LogP contribution is -1.98. The number of carboxylic acid groups (broad SMARTS) is 1. The molecule has 2 aromatic carbocycles. The first-order valence-electron chi connectivity index (χ1n) is 6.12. The van der Waals surface area contributed by atoms with Gasteiger partial charge in [0, 0.05) is 0 Å². The highest BCUT2D eigenvalue weighted by atomic mass is 16.6. The van der Waals surface area contributed by atoms with Crippen LogP contribution >= 0.6 is 0 Å². The second-order valence-corrected chi connectivity index (χ2v) is 4.22. The quantitative estimate of drug-likeness (QED) is 0.791. The lowest BCUT2D eigenvalue weighted by atomic mass is 10.2. The van der Waals surface area contributed by atoms with Crippen LogP contribution in [0.15, 0.2) is 46.9 Å². The Balaban J connectivity index is 1.95. The van der Waals surface area contributed by atoms with E-state index in [0.717, 1.165) is 0 Å². The molecular weight excluding hydrogens is 274 g/mol. The minimum absolute atomic E-state index is 0.0672. The summed E-state index contributed by atoms with van der Waals surface area (Å²) in [6, 6.07) is 11.5. The van der Waals surface area contributed by atoms with Crippen LogP contribution in [0.2, 0.25) is 0 Å². The van der Waals surface area contributed by atoms with Crippen molar-refractivity contribution in [1.82, 2.24) is 4.98 Å². The molecule has 0 amide bonds. The third-order valence-corrected chi connectivity index (χ3v) is 2.88. The maximum absolute atomic E-state index is 10.9. The van der Waals surface area contributed by atoms with Gasteiger partial charge >= 0.3 is 12.0 Å². The van der Waals surface area contributed by atoms with Gasteiger partial charge < -0.3 is 19.0 Å². The number of hydrogen-bond acceptors (Lipinski definition) is 5. The molecule has 0 saturated carbocycles. The first-order valence-corrected chi connectivity index (χ1v) is 6.12. The summed E-state index contributed by atoms with van der Waals surface area (Å²) in [5.74, 6) is -0.423. The van der Waals surface area contributed by atoms with Crippen molar-refractivity contribution in [3.05, 3.63) is 48.0 Å². The third-order valence-electron chi connectivity index (χ3n) is 2.88. The Bertz CT molecular complexity index is 776. The number of ether oxygens (including phenoxy) is 2. The molecule has 0 aliphatic carbocycles. The van der Waals surface area contributed by atoms with Crippen LogP contribution < -0.4 is 9.47 Å². The zero-order chi connectivity index (χ0) is 14.8. The predicted molar refractivity (Wildman–Crippen MR) is 74.0 cm³/mol. The highest BCUT2D eigenvalue weighted by Gasteiger charge is 2.13. The monoisotopic (exact) mass is 285 g/mol. The van der Waals surface area contributed by atoms with E-state index in [1.54, 1.807) is 12.1 Å². The van der Waals surface area contributed by atoms with E-state index in [-0.39, 0.29) is 17.4 Å². The SMILES string of the molecule is COc1cc(C(=O)O)ccc1Oc1nc2ccccc2o1. The van der Waals surface area contributed by atoms with Crippen LogP contribution in [0.5, 0.6) is 17.6 Å². The number of carbonyl (C=O) groups is 1. The van der Waals surface area contributed by atoms with Crippen molar-refractivity contribution in [3.63, 3.8) is 0 Å². The number of para-hydroxylation sites is 2. The normalized spacial score (nSPS) is 10.5. The fourth-order valence-corrected chi connectivity index (χ4v) is 1.87. The second kappa shape index (κ2) is 5.16. The van der Waals surface area contributed by atoms with Crippen molar-refractivity contribution in [2.45, 2.75) is 0 Å². The number of methoxy groups -OCH3 is 1. The highest BCUT2D eigenvalue weighted by Crippen LogP contribution is 2.33. The molecule has 21 heavy (non-hydrogen) atoms. The standard InChI is InChI=1S/C15H11NO5/c1-19-13-8-9(14(17)18)6-7-12(13)21-15-16-10-4-2-3-5-11(10)20-15/h2-8H,1H3,(H,17,18). The minimum Gasteiger partial charge on any atom is -0.493 e. The molecule has 106 valence electrons. The maximum atomic E-state index is 10.9. The topological polar surface area (TPSA) is 81.8 Å². The van der Waals surface area contributed by atoms with Crippen molar-refractivity contribution in [2.75, 3.05) is 7.11 Å². The highest BCUT2D eigenvalue weighted by molar-refractivity contribution is 5.88. The van der Waals surface area contributed by atoms with E-state index in [0.29, 0.717) is 16.8 Å². The van der Waals surface area contributed by atoms with Crippen LogP contribution in [0.4, 0.5) is 0 Å². The van der Waals surface area contributed by atoms with E-state index in [1.165, 1.54) is 25.3 Å². The van der Waals surface area contributed by atoms with Crippen LogP contribution in [-0.4, -0.2) is 23.2 Å². The van der Waals surface area contributed by atoms with E-state index in [9.17, 15) is 4.79 Å². The van der Waals surface area contributed by atoms with Crippen LogP contribution in [0.3, 0.4) is 0 Å². The Labute approximate surface area is 119 Å². The molecule has 6 heteroatoms. The van der Waals surface area contributed by atoms with Gasteiger partial charge in [-0.1, -0.05) is 12.1 Å². The van der Waals surface area contributed by atoms with E-state index < -0.39 is 5.97 Å². The number of aromatic carboxylic acids is 1. The number of carboxylic acids is 1. The van der Waals surface area contributed by atoms with Crippen molar-refractivity contribution in [1.29, 1.82) is 0 Å². The molecule has 0 fully saturated rings. The van der Waals surface area contributed by atoms with Crippen LogP contribution in [0.25, 0.3) is 11.1 Å². The molecule has 3 aromatic rings. The summed E-state index contributed by atoms with van der Waals surface area (Å²) in [5, 5.41) is 8.95. The summed E-state index contributed by atoms with van der Waals surface area (Å²) in [6.07, 6.45) is 0.0672. The molecule has 0 atom stereocenters. The van der Waals surface area contributed by atoms with Crippen molar-refractivity contribution in [2.24, 2.45) is 0 Å². The van der Waals surface area contributed by atoms with Gasteiger partial charge in [0.05, 0.1) is 12.7 Å². The Morgan fingerprint density at radius 1 is 1.19 bits per heavy atom. The maximum Gasteiger partial charge on any atom is 0.400 e. The molecule has 0 spiro atoms. The van der Waals surface area contributed by atoms with Gasteiger partial charge in [0.2, 0.25) is 0 Å². The van der Waals surface area contributed by atoms with Gasteiger partial charge in [-0.2, -0.15) is 4.98 Å². The number of oxazole rings is 1. The number of rotatable bonds is 4. The molecule has 0 saturated heterocycles. The van der Waals surface area contributed by atoms with Gasteiger partial charge in [-0.15, -0.1) is 0 Å². The molecule has 0 bridgehead atoms. The fourth-order valence-electron chi connectivity index (χ4n) is 1.87. The summed E-state index contributed by atoms with van der Waals surface area (Å²) < 4.78 is 16.1. The first kappa shape index (κ1) is 13.0. The number of nitrogens with zero attached hydrogens (tertiary/aromatic N) is 1. The summed E-state index contributed by atoms with van der Waals surface area (Å²) in [7, 11) is 1.43. The van der Waals surface area contributed by atoms with Crippen molar-refractivity contribution >= 4 is 17.1 Å². The smallest absolute Gasteiger partial charge is 0.400 e. The molecule has 0 unspecified atom stereocenters. The van der Waals surface area contributed by atoms with Gasteiger partial charge in [-0.25, -0.2) is 4.79 Å². The zero-order valence-electron chi connectivity index (χ0n) is 11.1. The van der Waals surface area contributed by atoms with E-state index in [1.807, 2.05) is 12.1 Å². The van der Waals surface area contributed by atoms with Gasteiger partial charge in [-0.3, -0.25) is 0 Å². The third kappa shape index (κ3) is 2.51. The molecule has 0 radical (unpaired) electrons. The average molecular weight is 285 g/mol. The Hall–Kier alpha value is -3.02.